The van der Waals surface area contributed by atoms with Crippen molar-refractivity contribution in [2.45, 2.75) is 112 Å². The second kappa shape index (κ2) is 6.99. The van der Waals surface area contributed by atoms with Crippen molar-refractivity contribution in [2.24, 2.45) is 50.2 Å². The highest BCUT2D eigenvalue weighted by Gasteiger charge is 2.69. The first-order valence-corrected chi connectivity index (χ1v) is 13.7. The van der Waals surface area contributed by atoms with Crippen molar-refractivity contribution in [1.29, 1.82) is 0 Å². The van der Waals surface area contributed by atoms with Crippen LogP contribution >= 0.6 is 0 Å². The van der Waals surface area contributed by atoms with E-state index in [4.69, 9.17) is 0 Å². The molecule has 5 aliphatic rings. The van der Waals surface area contributed by atoms with Crippen LogP contribution in [0.25, 0.3) is 0 Å². The summed E-state index contributed by atoms with van der Waals surface area (Å²) in [5.41, 5.74) is 0.705. The van der Waals surface area contributed by atoms with Crippen LogP contribution in [0.2, 0.25) is 0 Å². The van der Waals surface area contributed by atoms with E-state index in [0.717, 1.165) is 51.4 Å². The Morgan fingerprint density at radius 2 is 1.59 bits per heavy atom. The molecule has 190 valence electrons. The largest absolute Gasteiger partial charge is 0.481 e. The highest BCUT2D eigenvalue weighted by atomic mass is 16.4. The molecule has 2 N–H and O–H groups in total. The van der Waals surface area contributed by atoms with E-state index >= 15 is 0 Å². The van der Waals surface area contributed by atoms with Gasteiger partial charge in [-0.3, -0.25) is 9.59 Å². The first-order valence-electron chi connectivity index (χ1n) is 13.7. The maximum absolute atomic E-state index is 13.1. The van der Waals surface area contributed by atoms with Crippen LogP contribution in [-0.4, -0.2) is 28.1 Å². The molecule has 0 aromatic carbocycles. The van der Waals surface area contributed by atoms with Gasteiger partial charge in [-0.1, -0.05) is 53.2 Å². The molecular weight excluding hydrogens is 424 g/mol. The lowest BCUT2D eigenvalue weighted by molar-refractivity contribution is -0.202. The molecule has 34 heavy (non-hydrogen) atoms. The number of carboxylic acid groups (broad SMARTS) is 1. The van der Waals surface area contributed by atoms with Crippen LogP contribution in [0.15, 0.2) is 11.6 Å². The van der Waals surface area contributed by atoms with Gasteiger partial charge in [-0.05, 0) is 97.7 Å². The topological polar surface area (TPSA) is 74.6 Å². The van der Waals surface area contributed by atoms with E-state index in [0.29, 0.717) is 24.2 Å². The van der Waals surface area contributed by atoms with Gasteiger partial charge in [0.05, 0.1) is 5.41 Å². The minimum Gasteiger partial charge on any atom is -0.481 e. The third-order valence-corrected chi connectivity index (χ3v) is 13.1. The summed E-state index contributed by atoms with van der Waals surface area (Å²) in [4.78, 5) is 25.3. The van der Waals surface area contributed by atoms with E-state index in [9.17, 15) is 19.8 Å². The van der Waals surface area contributed by atoms with E-state index in [1.165, 1.54) is 5.57 Å². The minimum absolute atomic E-state index is 0.0219. The molecule has 0 radical (unpaired) electrons. The van der Waals surface area contributed by atoms with Crippen molar-refractivity contribution in [3.8, 4) is 0 Å². The molecule has 0 aromatic heterocycles. The highest BCUT2D eigenvalue weighted by Crippen LogP contribution is 2.75. The van der Waals surface area contributed by atoms with Crippen molar-refractivity contribution in [3.05, 3.63) is 11.6 Å². The number of Topliss-reactive ketones (excluding diaryl/α,β-unsaturated/α-hetero) is 1. The number of ketones is 1. The number of fused-ring (bicyclic) bond motifs is 7. The molecule has 4 saturated carbocycles. The van der Waals surface area contributed by atoms with Gasteiger partial charge in [0, 0.05) is 11.8 Å². The molecule has 4 fully saturated rings. The van der Waals surface area contributed by atoms with E-state index in [-0.39, 0.29) is 27.4 Å². The third kappa shape index (κ3) is 2.81. The molecule has 0 aliphatic heterocycles. The lowest BCUT2D eigenvalue weighted by Gasteiger charge is -2.71. The Labute approximate surface area is 206 Å². The fourth-order valence-electron chi connectivity index (χ4n) is 10.5. The van der Waals surface area contributed by atoms with Crippen molar-refractivity contribution in [3.63, 3.8) is 0 Å². The van der Waals surface area contributed by atoms with E-state index in [1.807, 2.05) is 6.92 Å². The van der Waals surface area contributed by atoms with Gasteiger partial charge in [-0.15, -0.1) is 0 Å². The number of aliphatic carboxylic acids is 1. The van der Waals surface area contributed by atoms with Gasteiger partial charge in [0.2, 0.25) is 0 Å². The monoisotopic (exact) mass is 470 g/mol. The molecule has 0 heterocycles. The molecule has 0 aromatic rings. The highest BCUT2D eigenvalue weighted by molar-refractivity contribution is 5.85. The van der Waals surface area contributed by atoms with Crippen LogP contribution in [0.3, 0.4) is 0 Å². The van der Waals surface area contributed by atoms with Gasteiger partial charge in [-0.2, -0.15) is 0 Å². The molecule has 0 saturated heterocycles. The zero-order valence-electron chi connectivity index (χ0n) is 22.5. The molecule has 0 bridgehead atoms. The average Bonchev–Trinajstić information content (AvgIpc) is 2.74. The van der Waals surface area contributed by atoms with Crippen molar-refractivity contribution >= 4 is 11.8 Å². The quantitative estimate of drug-likeness (QED) is 0.434. The van der Waals surface area contributed by atoms with Gasteiger partial charge in [-0.25, -0.2) is 0 Å². The number of aliphatic hydroxyl groups excluding tert-OH is 1. The van der Waals surface area contributed by atoms with Crippen molar-refractivity contribution in [1.82, 2.24) is 0 Å². The first-order chi connectivity index (χ1) is 15.6. The van der Waals surface area contributed by atoms with E-state index < -0.39 is 22.9 Å². The normalized spacial score (nSPS) is 54.1. The Hall–Kier alpha value is -1.16. The number of hydrogen-bond acceptors (Lipinski definition) is 3. The van der Waals surface area contributed by atoms with E-state index in [1.54, 1.807) is 0 Å². The smallest absolute Gasteiger partial charge is 0.309 e. The van der Waals surface area contributed by atoms with Crippen LogP contribution in [0.5, 0.6) is 0 Å². The summed E-state index contributed by atoms with van der Waals surface area (Å²) in [7, 11) is 0. The maximum atomic E-state index is 13.1. The summed E-state index contributed by atoms with van der Waals surface area (Å²) in [6, 6.07) is 0. The number of hydrogen-bond donors (Lipinski definition) is 2. The number of allylic oxidation sites excluding steroid dienone is 2. The van der Waals surface area contributed by atoms with Crippen LogP contribution in [0.1, 0.15) is 106 Å². The predicted molar refractivity (Wildman–Crippen MR) is 133 cm³/mol. The molecule has 0 amide bonds. The second-order valence-electron chi connectivity index (χ2n) is 14.9. The number of carbonyl (C=O) groups is 2. The average molecular weight is 471 g/mol. The third-order valence-electron chi connectivity index (χ3n) is 13.1. The number of rotatable bonds is 1. The number of carboxylic acids is 1. The van der Waals surface area contributed by atoms with Gasteiger partial charge in [0.25, 0.3) is 0 Å². The molecule has 2 unspecified atom stereocenters. The Kier molecular flexibility index (Phi) is 5.04. The van der Waals surface area contributed by atoms with Gasteiger partial charge >= 0.3 is 5.97 Å². The fraction of sp³-hybridized carbons (Fsp3) is 0.867. The summed E-state index contributed by atoms with van der Waals surface area (Å²) in [5.74, 6) is 0.450. The molecule has 4 heteroatoms. The van der Waals surface area contributed by atoms with E-state index in [2.05, 4.69) is 47.6 Å². The second-order valence-corrected chi connectivity index (χ2v) is 14.9. The molecule has 0 spiro atoms. The van der Waals surface area contributed by atoms with Crippen LogP contribution in [0.4, 0.5) is 0 Å². The van der Waals surface area contributed by atoms with Crippen LogP contribution in [-0.2, 0) is 9.59 Å². The standard InChI is InChI=1S/C30H46O4/c1-25(2)21-10-11-30(7)22(28(21,5)17-20(31)23(25)32)9-8-18-19-16-27(4,24(33)34)13-12-26(19,3)14-15-29(18,30)6/h8,19,21-23,32H,9-17H2,1-7H3,(H,33,34)/t19-,21?,22-,23+,26-,27?,28+,29-,30-/m1/s1. The predicted octanol–water partition coefficient (Wildman–Crippen LogP) is 6.41. The summed E-state index contributed by atoms with van der Waals surface area (Å²) in [6.07, 6.45) is 10.1. The zero-order chi connectivity index (χ0) is 25.1. The summed E-state index contributed by atoms with van der Waals surface area (Å²) < 4.78 is 0. The molecule has 9 atom stereocenters. The first kappa shape index (κ1) is 24.5. The minimum atomic E-state index is -0.855. The molecular formula is C30H46O4. The summed E-state index contributed by atoms with van der Waals surface area (Å²) in [6.45, 7) is 15.9. The molecule has 4 nitrogen and oxygen atoms in total. The summed E-state index contributed by atoms with van der Waals surface area (Å²) >= 11 is 0. The fourth-order valence-corrected chi connectivity index (χ4v) is 10.5. The molecule has 5 rings (SSSR count). The van der Waals surface area contributed by atoms with Crippen LogP contribution in [0, 0.1) is 50.2 Å². The maximum Gasteiger partial charge on any atom is 0.309 e. The molecule has 5 aliphatic carbocycles. The lowest BCUT2D eigenvalue weighted by Crippen LogP contribution is -2.66. The van der Waals surface area contributed by atoms with Gasteiger partial charge in [0.1, 0.15) is 6.10 Å². The Morgan fingerprint density at radius 1 is 0.941 bits per heavy atom. The Balaban J connectivity index is 1.59. The van der Waals surface area contributed by atoms with Crippen molar-refractivity contribution in [2.75, 3.05) is 0 Å². The SMILES string of the molecule is CC1(C(=O)O)CC[C@]2(C)CC[C@]3(C)C(=CC[C@@H]4[C@@]5(C)CC(=O)[C@H](O)C(C)(C)C5CC[C@]43C)[C@H]2C1. The van der Waals surface area contributed by atoms with Gasteiger partial charge in [0.15, 0.2) is 5.78 Å². The van der Waals surface area contributed by atoms with Crippen molar-refractivity contribution < 1.29 is 19.8 Å². The Morgan fingerprint density at radius 3 is 2.24 bits per heavy atom. The Bertz CT molecular complexity index is 965. The zero-order valence-corrected chi connectivity index (χ0v) is 22.5. The lowest BCUT2D eigenvalue weighted by atomic mass is 9.33. The number of aliphatic hydroxyl groups is 1. The summed E-state index contributed by atoms with van der Waals surface area (Å²) in [5, 5.41) is 20.9. The van der Waals surface area contributed by atoms with Crippen LogP contribution < -0.4 is 0 Å². The number of carbonyl (C=O) groups excluding carboxylic acids is 1. The van der Waals surface area contributed by atoms with Gasteiger partial charge < -0.3 is 10.2 Å².